The molecule has 1 aliphatic rings. The van der Waals surface area contributed by atoms with Crippen molar-refractivity contribution in [1.29, 1.82) is 5.26 Å². The third kappa shape index (κ3) is 11.3. The minimum atomic E-state index is -5.04. The van der Waals surface area contributed by atoms with Crippen molar-refractivity contribution in [3.05, 3.63) is 112 Å². The largest absolute Gasteiger partial charge is 0.497 e. The molecule has 3 aromatic carbocycles. The smallest absolute Gasteiger partial charge is 0.471 e. The Labute approximate surface area is 362 Å². The topological polar surface area (TPSA) is 196 Å². The van der Waals surface area contributed by atoms with Crippen LogP contribution in [0.5, 0.6) is 11.5 Å². The van der Waals surface area contributed by atoms with Crippen molar-refractivity contribution in [2.45, 2.75) is 55.9 Å². The number of carbonyl (C=O) groups excluding carboxylic acids is 1. The number of aromatic amines is 1. The van der Waals surface area contributed by atoms with Crippen LogP contribution < -0.4 is 25.7 Å². The second kappa shape index (κ2) is 21.6. The number of halogens is 3. The van der Waals surface area contributed by atoms with Crippen LogP contribution in [0.1, 0.15) is 47.9 Å². The van der Waals surface area contributed by atoms with Crippen LogP contribution in [0.25, 0.3) is 11.0 Å². The summed E-state index contributed by atoms with van der Waals surface area (Å²) >= 11 is 0. The Morgan fingerprint density at radius 3 is 2.30 bits per heavy atom. The first kappa shape index (κ1) is 46.8. The molecule has 3 heterocycles. The summed E-state index contributed by atoms with van der Waals surface area (Å²) in [5, 5.41) is 18.8. The average molecular weight is 893 g/mol. The molecule has 6 rings (SSSR count). The molecule has 0 saturated carbocycles. The highest BCUT2D eigenvalue weighted by Crippen LogP contribution is 2.46. The molecule has 16 nitrogen and oxygen atoms in total. The number of nitrogens with one attached hydrogen (secondary N) is 3. The maximum Gasteiger partial charge on any atom is 0.471 e. The monoisotopic (exact) mass is 892 g/mol. The van der Waals surface area contributed by atoms with Crippen molar-refractivity contribution < 1.29 is 46.0 Å². The summed E-state index contributed by atoms with van der Waals surface area (Å²) in [4.78, 5) is 36.7. The number of fused-ring (bicyclic) bond motifs is 1. The standard InChI is InChI=1S/C43H48F3N8O8P/c1-48-23-24-50-41-51-38-37(39(55)52-41)33(12-8-22-49-40(56)43(44,45)46)53-54(38)36-26-34(62-63(4)60-25-9-21-47)35(61-36)27-59-42(28-10-6-5-7-11-28,29-13-17-31(57-2)18-14-29)30-15-19-32(58-3)20-16-30/h5-7,10-11,13-20,24,34-36,48H,8-9,12,22-23,25-27H2,1-4H3,(H,49,56)(H,51,52,55)/t34?,35-,36-,63?/m1/s1. The molecule has 0 bridgehead atoms. The molecule has 1 aliphatic heterocycles. The van der Waals surface area contributed by atoms with Gasteiger partial charge in [0.25, 0.3) is 5.56 Å². The van der Waals surface area contributed by atoms with E-state index in [2.05, 4.69) is 26.3 Å². The Kier molecular flexibility index (Phi) is 16.0. The zero-order valence-corrected chi connectivity index (χ0v) is 35.9. The van der Waals surface area contributed by atoms with E-state index in [0.717, 1.165) is 16.7 Å². The highest BCUT2D eigenvalue weighted by atomic mass is 31.2. The first-order valence-electron chi connectivity index (χ1n) is 20.0. The van der Waals surface area contributed by atoms with Crippen LogP contribution >= 0.6 is 8.38 Å². The lowest BCUT2D eigenvalue weighted by Gasteiger charge is -2.37. The van der Waals surface area contributed by atoms with Gasteiger partial charge in [0.2, 0.25) is 5.95 Å². The van der Waals surface area contributed by atoms with Gasteiger partial charge in [0, 0.05) is 32.4 Å². The van der Waals surface area contributed by atoms with Gasteiger partial charge in [-0.3, -0.25) is 14.6 Å². The quantitative estimate of drug-likeness (QED) is 0.0326. The van der Waals surface area contributed by atoms with Crippen molar-refractivity contribution in [3.8, 4) is 17.6 Å². The molecular weight excluding hydrogens is 844 g/mol. The highest BCUT2D eigenvalue weighted by Gasteiger charge is 2.44. The van der Waals surface area contributed by atoms with Crippen LogP contribution in [0.15, 0.2) is 88.6 Å². The number of hydrogen-bond donors (Lipinski definition) is 3. The zero-order valence-electron chi connectivity index (χ0n) is 35.1. The third-order valence-electron chi connectivity index (χ3n) is 10.1. The molecule has 2 aromatic heterocycles. The number of aliphatic imine (C=N–C) groups is 1. The molecule has 63 heavy (non-hydrogen) atoms. The van der Waals surface area contributed by atoms with E-state index in [0.29, 0.717) is 18.0 Å². The van der Waals surface area contributed by atoms with Crippen molar-refractivity contribution in [3.63, 3.8) is 0 Å². The second-order valence-corrected chi connectivity index (χ2v) is 15.6. The van der Waals surface area contributed by atoms with E-state index in [1.807, 2.05) is 84.2 Å². The first-order chi connectivity index (χ1) is 30.4. The minimum absolute atomic E-state index is 0.00632. The molecule has 4 atom stereocenters. The van der Waals surface area contributed by atoms with E-state index in [1.165, 1.54) is 10.9 Å². The summed E-state index contributed by atoms with van der Waals surface area (Å²) in [6.45, 7) is 1.95. The Hall–Kier alpha value is -5.74. The summed E-state index contributed by atoms with van der Waals surface area (Å²) in [5.74, 6) is -0.770. The normalized spacial score (nSPS) is 17.2. The summed E-state index contributed by atoms with van der Waals surface area (Å²) in [6, 6.07) is 26.9. The van der Waals surface area contributed by atoms with Gasteiger partial charge >= 0.3 is 12.1 Å². The van der Waals surface area contributed by atoms with Gasteiger partial charge in [-0.2, -0.15) is 28.5 Å². The fourth-order valence-electron chi connectivity index (χ4n) is 7.15. The fourth-order valence-corrected chi connectivity index (χ4v) is 8.17. The van der Waals surface area contributed by atoms with Crippen molar-refractivity contribution in [2.75, 3.05) is 54.2 Å². The van der Waals surface area contributed by atoms with Gasteiger partial charge in [-0.05, 0) is 60.8 Å². The van der Waals surface area contributed by atoms with E-state index < -0.39 is 50.1 Å². The van der Waals surface area contributed by atoms with Crippen LogP contribution in [0, 0.1) is 11.3 Å². The van der Waals surface area contributed by atoms with Crippen LogP contribution in [0.2, 0.25) is 0 Å². The van der Waals surface area contributed by atoms with Gasteiger partial charge in [-0.15, -0.1) is 0 Å². The van der Waals surface area contributed by atoms with E-state index >= 15 is 0 Å². The number of aromatic nitrogens is 4. The molecule has 3 N–H and O–H groups in total. The van der Waals surface area contributed by atoms with E-state index in [4.69, 9.17) is 38.4 Å². The molecule has 0 aliphatic carbocycles. The number of methoxy groups -OCH3 is 2. The lowest BCUT2D eigenvalue weighted by molar-refractivity contribution is -0.173. The molecule has 20 heteroatoms. The lowest BCUT2D eigenvalue weighted by atomic mass is 9.80. The molecule has 0 radical (unpaired) electrons. The van der Waals surface area contributed by atoms with E-state index in [9.17, 15) is 22.8 Å². The Morgan fingerprint density at radius 2 is 1.70 bits per heavy atom. The molecule has 2 unspecified atom stereocenters. The summed E-state index contributed by atoms with van der Waals surface area (Å²) in [6.07, 6.45) is -5.48. The second-order valence-electron chi connectivity index (χ2n) is 14.2. The van der Waals surface area contributed by atoms with Crippen LogP contribution in [0.3, 0.4) is 0 Å². The molecule has 1 amide bonds. The Bertz CT molecular complexity index is 2360. The number of ether oxygens (including phenoxy) is 4. The number of hydrogen-bond acceptors (Lipinski definition) is 13. The zero-order chi connectivity index (χ0) is 45.0. The predicted molar refractivity (Wildman–Crippen MR) is 228 cm³/mol. The number of rotatable bonds is 21. The first-order valence-corrected chi connectivity index (χ1v) is 21.6. The Balaban J connectivity index is 1.40. The molecule has 334 valence electrons. The van der Waals surface area contributed by atoms with Gasteiger partial charge in [-0.1, -0.05) is 54.6 Å². The summed E-state index contributed by atoms with van der Waals surface area (Å²) in [5.41, 5.74) is 0.946. The van der Waals surface area contributed by atoms with Gasteiger partial charge in [-0.25, -0.2) is 9.67 Å². The van der Waals surface area contributed by atoms with Crippen LogP contribution in [-0.2, 0) is 35.3 Å². The van der Waals surface area contributed by atoms with Crippen molar-refractivity contribution in [1.82, 2.24) is 30.4 Å². The molecule has 1 fully saturated rings. The van der Waals surface area contributed by atoms with Gasteiger partial charge in [0.05, 0.1) is 51.7 Å². The lowest BCUT2D eigenvalue weighted by Crippen LogP contribution is -2.38. The van der Waals surface area contributed by atoms with Gasteiger partial charge in [0.1, 0.15) is 28.6 Å². The highest BCUT2D eigenvalue weighted by molar-refractivity contribution is 7.46. The van der Waals surface area contributed by atoms with E-state index in [-0.39, 0.29) is 68.1 Å². The number of benzene rings is 3. The van der Waals surface area contributed by atoms with E-state index in [1.54, 1.807) is 27.9 Å². The number of nitriles is 1. The van der Waals surface area contributed by atoms with Crippen molar-refractivity contribution in [2.24, 2.45) is 4.99 Å². The number of H-pyrrole nitrogens is 1. The number of amides is 1. The van der Waals surface area contributed by atoms with Crippen molar-refractivity contribution >= 4 is 37.5 Å². The van der Waals surface area contributed by atoms with Crippen LogP contribution in [0.4, 0.5) is 19.1 Å². The molecular formula is C43H48F3N8O8P. The van der Waals surface area contributed by atoms with Crippen LogP contribution in [-0.4, -0.2) is 104 Å². The average Bonchev–Trinajstić information content (AvgIpc) is 3.86. The minimum Gasteiger partial charge on any atom is -0.497 e. The van der Waals surface area contributed by atoms with Gasteiger partial charge in [0.15, 0.2) is 20.3 Å². The number of carbonyl (C=O) groups is 1. The SMILES string of the molecule is CNCC=Nc1nc2c(c(CCCNC(=O)C(F)(F)F)nn2[C@H]2CC(OP(C)OCCC#N)[C@@H](COC(c3ccccc3)(c3ccc(OC)cc3)c3ccc(OC)cc3)O2)c(=O)[nH]1. The number of alkyl halides is 3. The summed E-state index contributed by atoms with van der Waals surface area (Å²) in [7, 11) is 3.39. The number of aryl methyl sites for hydroxylation is 1. The predicted octanol–water partition coefficient (Wildman–Crippen LogP) is 6.22. The molecule has 5 aromatic rings. The third-order valence-corrected chi connectivity index (χ3v) is 11.2. The molecule has 0 spiro atoms. The Morgan fingerprint density at radius 1 is 1.05 bits per heavy atom. The fraction of sp³-hybridized carbons (Fsp3) is 0.395. The molecule has 1 saturated heterocycles. The maximum absolute atomic E-state index is 13.7. The van der Waals surface area contributed by atoms with Gasteiger partial charge < -0.3 is 38.6 Å². The maximum atomic E-state index is 13.7. The summed E-state index contributed by atoms with van der Waals surface area (Å²) < 4.78 is 77.5. The number of nitrogens with zero attached hydrogens (tertiary/aromatic N) is 5.